The largest absolute Gasteiger partial charge is 0.461 e. The monoisotopic (exact) mass is 404 g/mol. The molecule has 1 amide bonds. The van der Waals surface area contributed by atoms with Crippen molar-refractivity contribution >= 4 is 11.9 Å². The maximum Gasteiger partial charge on any atom is 0.355 e. The fourth-order valence-corrected chi connectivity index (χ4v) is 3.76. The molecule has 0 bridgehead atoms. The number of nitrogens with zero attached hydrogens (tertiary/aromatic N) is 2. The lowest BCUT2D eigenvalue weighted by molar-refractivity contribution is 0.0513. The molecule has 2 aromatic carbocycles. The fourth-order valence-electron chi connectivity index (χ4n) is 3.76. The summed E-state index contributed by atoms with van der Waals surface area (Å²) < 4.78 is 7.20. The zero-order valence-corrected chi connectivity index (χ0v) is 18.0. The Morgan fingerprint density at radius 1 is 0.933 bits per heavy atom. The molecule has 30 heavy (non-hydrogen) atoms. The molecule has 0 aliphatic heterocycles. The number of benzene rings is 2. The first-order valence-electron chi connectivity index (χ1n) is 10.1. The molecule has 0 spiro atoms. The number of aromatic nitrogens is 1. The average molecular weight is 405 g/mol. The number of ether oxygens (including phenoxy) is 1. The van der Waals surface area contributed by atoms with E-state index in [0.717, 1.165) is 16.8 Å². The first-order valence-corrected chi connectivity index (χ1v) is 10.1. The van der Waals surface area contributed by atoms with Crippen molar-refractivity contribution in [3.05, 3.63) is 94.3 Å². The van der Waals surface area contributed by atoms with Crippen LogP contribution in [-0.4, -0.2) is 35.0 Å². The van der Waals surface area contributed by atoms with Crippen LogP contribution in [0.3, 0.4) is 0 Å². The maximum absolute atomic E-state index is 13.3. The lowest BCUT2D eigenvalue weighted by Gasteiger charge is -2.18. The predicted molar refractivity (Wildman–Crippen MR) is 118 cm³/mol. The van der Waals surface area contributed by atoms with Crippen molar-refractivity contribution in [2.75, 3.05) is 13.7 Å². The van der Waals surface area contributed by atoms with E-state index in [1.165, 1.54) is 0 Å². The summed E-state index contributed by atoms with van der Waals surface area (Å²) in [5.41, 5.74) is 4.54. The minimum absolute atomic E-state index is 0.105. The van der Waals surface area contributed by atoms with Crippen molar-refractivity contribution in [1.29, 1.82) is 0 Å². The van der Waals surface area contributed by atoms with E-state index in [2.05, 4.69) is 0 Å². The molecule has 0 aliphatic carbocycles. The Kier molecular flexibility index (Phi) is 6.72. The van der Waals surface area contributed by atoms with Gasteiger partial charge in [-0.15, -0.1) is 0 Å². The van der Waals surface area contributed by atoms with Gasteiger partial charge in [0.1, 0.15) is 5.69 Å². The van der Waals surface area contributed by atoms with Gasteiger partial charge in [0, 0.05) is 25.8 Å². The fraction of sp³-hybridized carbons (Fsp3) is 0.280. The first kappa shape index (κ1) is 21.4. The summed E-state index contributed by atoms with van der Waals surface area (Å²) in [6.07, 6.45) is 0. The van der Waals surface area contributed by atoms with Gasteiger partial charge < -0.3 is 14.2 Å². The smallest absolute Gasteiger partial charge is 0.355 e. The highest BCUT2D eigenvalue weighted by Gasteiger charge is 2.28. The van der Waals surface area contributed by atoms with Crippen LogP contribution in [-0.2, 0) is 17.8 Å². The van der Waals surface area contributed by atoms with Crippen molar-refractivity contribution in [3.8, 4) is 0 Å². The molecule has 1 heterocycles. The van der Waals surface area contributed by atoms with Crippen molar-refractivity contribution in [2.45, 2.75) is 33.9 Å². The number of hydrogen-bond acceptors (Lipinski definition) is 3. The third-order valence-corrected chi connectivity index (χ3v) is 5.24. The Balaban J connectivity index is 2.00. The van der Waals surface area contributed by atoms with Crippen molar-refractivity contribution in [3.63, 3.8) is 0 Å². The van der Waals surface area contributed by atoms with E-state index in [1.807, 2.05) is 79.1 Å². The van der Waals surface area contributed by atoms with Crippen LogP contribution in [0.15, 0.2) is 60.7 Å². The predicted octanol–water partition coefficient (Wildman–Crippen LogP) is 4.60. The Bertz CT molecular complexity index is 1020. The highest BCUT2D eigenvalue weighted by atomic mass is 16.5. The Labute approximate surface area is 177 Å². The molecule has 0 aliphatic rings. The number of amides is 1. The van der Waals surface area contributed by atoms with Crippen LogP contribution < -0.4 is 0 Å². The molecular weight excluding hydrogens is 376 g/mol. The summed E-state index contributed by atoms with van der Waals surface area (Å²) in [5.74, 6) is -0.509. The van der Waals surface area contributed by atoms with Crippen LogP contribution in [0, 0.1) is 13.8 Å². The molecule has 5 heteroatoms. The van der Waals surface area contributed by atoms with E-state index in [1.54, 1.807) is 18.9 Å². The average Bonchev–Trinajstić information content (AvgIpc) is 2.98. The molecule has 0 atom stereocenters. The third kappa shape index (κ3) is 4.46. The molecule has 5 nitrogen and oxygen atoms in total. The minimum atomic E-state index is -0.404. The minimum Gasteiger partial charge on any atom is -0.461 e. The highest BCUT2D eigenvalue weighted by Crippen LogP contribution is 2.26. The van der Waals surface area contributed by atoms with Gasteiger partial charge in [0.05, 0.1) is 12.2 Å². The van der Waals surface area contributed by atoms with Crippen molar-refractivity contribution in [1.82, 2.24) is 9.47 Å². The maximum atomic E-state index is 13.3. The summed E-state index contributed by atoms with van der Waals surface area (Å²) in [7, 11) is 1.78. The zero-order chi connectivity index (χ0) is 21.7. The number of hydrogen-bond donors (Lipinski definition) is 0. The highest BCUT2D eigenvalue weighted by molar-refractivity contribution is 6.01. The Morgan fingerprint density at radius 3 is 2.07 bits per heavy atom. The number of carbonyl (C=O) groups excluding carboxylic acids is 2. The molecule has 0 saturated heterocycles. The Hall–Kier alpha value is -3.34. The van der Waals surface area contributed by atoms with E-state index >= 15 is 0 Å². The van der Waals surface area contributed by atoms with Crippen molar-refractivity contribution in [2.24, 2.45) is 0 Å². The van der Waals surface area contributed by atoms with Gasteiger partial charge in [-0.2, -0.15) is 0 Å². The van der Waals surface area contributed by atoms with Crippen LogP contribution in [0.4, 0.5) is 0 Å². The van der Waals surface area contributed by atoms with Gasteiger partial charge in [0.15, 0.2) is 0 Å². The van der Waals surface area contributed by atoms with E-state index in [0.29, 0.717) is 29.9 Å². The molecule has 0 radical (unpaired) electrons. The molecule has 0 N–H and O–H groups in total. The van der Waals surface area contributed by atoms with Gasteiger partial charge in [-0.25, -0.2) is 4.79 Å². The van der Waals surface area contributed by atoms with Gasteiger partial charge in [0.25, 0.3) is 5.91 Å². The topological polar surface area (TPSA) is 51.5 Å². The van der Waals surface area contributed by atoms with E-state index in [9.17, 15) is 9.59 Å². The van der Waals surface area contributed by atoms with E-state index in [-0.39, 0.29) is 12.5 Å². The number of rotatable bonds is 7. The van der Waals surface area contributed by atoms with Gasteiger partial charge in [-0.1, -0.05) is 60.7 Å². The standard InChI is InChI=1S/C25H28N2O3/c1-5-30-25(29)23-18(2)22(19(3)27(23)17-21-14-10-7-11-15-21)24(28)26(4)16-20-12-8-6-9-13-20/h6-15H,5,16-17H2,1-4H3. The molecule has 3 aromatic rings. The van der Waals surface area contributed by atoms with E-state index < -0.39 is 5.97 Å². The third-order valence-electron chi connectivity index (χ3n) is 5.24. The summed E-state index contributed by atoms with van der Waals surface area (Å²) in [6.45, 7) is 6.77. The van der Waals surface area contributed by atoms with Crippen molar-refractivity contribution < 1.29 is 14.3 Å². The summed E-state index contributed by atoms with van der Waals surface area (Å²) in [4.78, 5) is 27.8. The molecule has 0 saturated carbocycles. The lowest BCUT2D eigenvalue weighted by atomic mass is 10.1. The second kappa shape index (κ2) is 9.44. The molecular formula is C25H28N2O3. The van der Waals surface area contributed by atoms with Gasteiger partial charge in [0.2, 0.25) is 0 Å². The Morgan fingerprint density at radius 2 is 1.50 bits per heavy atom. The van der Waals surface area contributed by atoms with Crippen LogP contribution in [0.5, 0.6) is 0 Å². The lowest BCUT2D eigenvalue weighted by Crippen LogP contribution is -2.27. The zero-order valence-electron chi connectivity index (χ0n) is 18.0. The van der Waals surface area contributed by atoms with Gasteiger partial charge >= 0.3 is 5.97 Å². The summed E-state index contributed by atoms with van der Waals surface area (Å²) in [5, 5.41) is 0. The van der Waals surface area contributed by atoms with Crippen LogP contribution in [0.1, 0.15) is 50.2 Å². The summed E-state index contributed by atoms with van der Waals surface area (Å²) in [6, 6.07) is 19.8. The molecule has 1 aromatic heterocycles. The van der Waals surface area contributed by atoms with Crippen LogP contribution in [0.2, 0.25) is 0 Å². The number of carbonyl (C=O) groups is 2. The second-order valence-corrected chi connectivity index (χ2v) is 7.37. The van der Waals surface area contributed by atoms with Gasteiger partial charge in [-0.3, -0.25) is 4.79 Å². The quantitative estimate of drug-likeness (QED) is 0.541. The molecule has 0 fully saturated rings. The SMILES string of the molecule is CCOC(=O)c1c(C)c(C(=O)N(C)Cc2ccccc2)c(C)n1Cc1ccccc1. The second-order valence-electron chi connectivity index (χ2n) is 7.37. The number of esters is 1. The van der Waals surface area contributed by atoms with Crippen LogP contribution >= 0.6 is 0 Å². The van der Waals surface area contributed by atoms with E-state index in [4.69, 9.17) is 4.74 Å². The van der Waals surface area contributed by atoms with Crippen LogP contribution in [0.25, 0.3) is 0 Å². The van der Waals surface area contributed by atoms with Gasteiger partial charge in [-0.05, 0) is 37.5 Å². The molecule has 156 valence electrons. The molecule has 0 unspecified atom stereocenters. The molecule has 3 rings (SSSR count). The first-order chi connectivity index (χ1) is 14.4. The normalized spacial score (nSPS) is 10.7. The summed E-state index contributed by atoms with van der Waals surface area (Å²) >= 11 is 0.